The summed E-state index contributed by atoms with van der Waals surface area (Å²) in [5.41, 5.74) is 2.16. The number of anilines is 1. The number of piperidine rings is 2. The van der Waals surface area contributed by atoms with Crippen molar-refractivity contribution in [1.82, 2.24) is 9.80 Å². The predicted molar refractivity (Wildman–Crippen MR) is 104 cm³/mol. The van der Waals surface area contributed by atoms with E-state index in [1.54, 1.807) is 0 Å². The molecule has 0 spiro atoms. The number of para-hydroxylation sites is 1. The molecule has 1 N–H and O–H groups in total. The van der Waals surface area contributed by atoms with Crippen molar-refractivity contribution in [1.29, 1.82) is 0 Å². The number of likely N-dealkylation sites (tertiary alicyclic amines) is 2. The number of carbonyl (C=O) groups is 1. The van der Waals surface area contributed by atoms with Gasteiger partial charge in [0.2, 0.25) is 0 Å². The van der Waals surface area contributed by atoms with E-state index < -0.39 is 0 Å². The number of nitrogens with zero attached hydrogens (tertiary/aromatic N) is 2. The molecule has 1 aromatic carbocycles. The first-order valence-electron chi connectivity index (χ1n) is 10.0. The monoisotopic (exact) mass is 343 g/mol. The van der Waals surface area contributed by atoms with E-state index in [9.17, 15) is 4.79 Å². The SMILES string of the molecule is CCc1ccccc1NC(=O)N1CCC(CN2CCC(C)CC2)CC1. The zero-order valence-electron chi connectivity index (χ0n) is 15.8. The maximum absolute atomic E-state index is 12.6. The van der Waals surface area contributed by atoms with E-state index in [0.717, 1.165) is 49.9 Å². The molecule has 0 atom stereocenters. The molecule has 0 aliphatic carbocycles. The maximum Gasteiger partial charge on any atom is 0.321 e. The molecule has 2 aliphatic heterocycles. The van der Waals surface area contributed by atoms with Gasteiger partial charge < -0.3 is 15.1 Å². The van der Waals surface area contributed by atoms with Gasteiger partial charge in [-0.1, -0.05) is 32.0 Å². The molecule has 1 aromatic rings. The maximum atomic E-state index is 12.6. The molecule has 0 bridgehead atoms. The van der Waals surface area contributed by atoms with Crippen molar-refractivity contribution in [3.63, 3.8) is 0 Å². The largest absolute Gasteiger partial charge is 0.325 e. The number of amides is 2. The first-order chi connectivity index (χ1) is 12.2. The number of benzene rings is 1. The average molecular weight is 344 g/mol. The molecule has 3 rings (SSSR count). The number of aryl methyl sites for hydroxylation is 1. The normalized spacial score (nSPS) is 20.6. The number of rotatable bonds is 4. The highest BCUT2D eigenvalue weighted by molar-refractivity contribution is 5.90. The molecule has 0 aromatic heterocycles. The van der Waals surface area contributed by atoms with Gasteiger partial charge in [-0.15, -0.1) is 0 Å². The van der Waals surface area contributed by atoms with Gasteiger partial charge in [0.05, 0.1) is 0 Å². The number of urea groups is 1. The van der Waals surface area contributed by atoms with Crippen LogP contribution in [0.15, 0.2) is 24.3 Å². The fourth-order valence-corrected chi connectivity index (χ4v) is 4.07. The first-order valence-corrected chi connectivity index (χ1v) is 10.0. The second-order valence-corrected chi connectivity index (χ2v) is 7.85. The standard InChI is InChI=1S/C21H33N3O/c1-3-19-6-4-5-7-20(19)22-21(25)24-14-10-18(11-15-24)16-23-12-8-17(2)9-13-23/h4-7,17-18H,3,8-16H2,1-2H3,(H,22,25). The van der Waals surface area contributed by atoms with Gasteiger partial charge in [-0.3, -0.25) is 0 Å². The van der Waals surface area contributed by atoms with Crippen LogP contribution in [0.1, 0.15) is 45.1 Å². The van der Waals surface area contributed by atoms with Crippen LogP contribution in [0.4, 0.5) is 10.5 Å². The molecule has 0 radical (unpaired) electrons. The third kappa shape index (κ3) is 4.97. The molecule has 4 nitrogen and oxygen atoms in total. The van der Waals surface area contributed by atoms with Gasteiger partial charge in [-0.2, -0.15) is 0 Å². The Morgan fingerprint density at radius 3 is 2.44 bits per heavy atom. The quantitative estimate of drug-likeness (QED) is 0.888. The van der Waals surface area contributed by atoms with Crippen LogP contribution in [-0.4, -0.2) is 48.6 Å². The summed E-state index contributed by atoms with van der Waals surface area (Å²) in [5, 5.41) is 3.11. The van der Waals surface area contributed by atoms with Gasteiger partial charge >= 0.3 is 6.03 Å². The Hall–Kier alpha value is -1.55. The summed E-state index contributed by atoms with van der Waals surface area (Å²) in [4.78, 5) is 17.2. The lowest BCUT2D eigenvalue weighted by molar-refractivity contribution is 0.130. The highest BCUT2D eigenvalue weighted by atomic mass is 16.2. The topological polar surface area (TPSA) is 35.6 Å². The van der Waals surface area contributed by atoms with Crippen molar-refractivity contribution in [3.8, 4) is 0 Å². The van der Waals surface area contributed by atoms with Crippen molar-refractivity contribution in [2.24, 2.45) is 11.8 Å². The molecule has 2 saturated heterocycles. The lowest BCUT2D eigenvalue weighted by Gasteiger charge is -2.37. The van der Waals surface area contributed by atoms with Crippen molar-refractivity contribution in [3.05, 3.63) is 29.8 Å². The molecule has 138 valence electrons. The second kappa shape index (κ2) is 8.70. The summed E-state index contributed by atoms with van der Waals surface area (Å²) in [6, 6.07) is 8.16. The fourth-order valence-electron chi connectivity index (χ4n) is 4.07. The minimum absolute atomic E-state index is 0.0612. The summed E-state index contributed by atoms with van der Waals surface area (Å²) >= 11 is 0. The highest BCUT2D eigenvalue weighted by Crippen LogP contribution is 2.23. The van der Waals surface area contributed by atoms with Gasteiger partial charge in [-0.05, 0) is 68.7 Å². The van der Waals surface area contributed by atoms with Crippen LogP contribution in [0.25, 0.3) is 0 Å². The third-order valence-electron chi connectivity index (χ3n) is 5.93. The van der Waals surface area contributed by atoms with Crippen LogP contribution in [-0.2, 0) is 6.42 Å². The Morgan fingerprint density at radius 1 is 1.08 bits per heavy atom. The Morgan fingerprint density at radius 2 is 1.76 bits per heavy atom. The fraction of sp³-hybridized carbons (Fsp3) is 0.667. The van der Waals surface area contributed by atoms with Crippen molar-refractivity contribution in [2.45, 2.75) is 46.0 Å². The smallest absolute Gasteiger partial charge is 0.321 e. The second-order valence-electron chi connectivity index (χ2n) is 7.85. The van der Waals surface area contributed by atoms with Gasteiger partial charge in [0, 0.05) is 25.3 Å². The number of nitrogens with one attached hydrogen (secondary N) is 1. The lowest BCUT2D eigenvalue weighted by Crippen LogP contribution is -2.44. The summed E-state index contributed by atoms with van der Waals surface area (Å²) in [7, 11) is 0. The minimum Gasteiger partial charge on any atom is -0.325 e. The van der Waals surface area contributed by atoms with Crippen LogP contribution in [0.3, 0.4) is 0 Å². The number of hydrogen-bond acceptors (Lipinski definition) is 2. The van der Waals surface area contributed by atoms with Gasteiger partial charge in [0.1, 0.15) is 0 Å². The highest BCUT2D eigenvalue weighted by Gasteiger charge is 2.25. The Kier molecular flexibility index (Phi) is 6.35. The zero-order valence-corrected chi connectivity index (χ0v) is 15.8. The van der Waals surface area contributed by atoms with Gasteiger partial charge in [0.15, 0.2) is 0 Å². The molecule has 0 saturated carbocycles. The van der Waals surface area contributed by atoms with E-state index in [4.69, 9.17) is 0 Å². The third-order valence-corrected chi connectivity index (χ3v) is 5.93. The van der Waals surface area contributed by atoms with Gasteiger partial charge in [0.25, 0.3) is 0 Å². The van der Waals surface area contributed by atoms with Crippen molar-refractivity contribution >= 4 is 11.7 Å². The number of hydrogen-bond donors (Lipinski definition) is 1. The van der Waals surface area contributed by atoms with Crippen LogP contribution in [0, 0.1) is 11.8 Å². The molecule has 0 unspecified atom stereocenters. The van der Waals surface area contributed by atoms with Gasteiger partial charge in [-0.25, -0.2) is 4.79 Å². The van der Waals surface area contributed by atoms with E-state index in [1.165, 1.54) is 38.0 Å². The van der Waals surface area contributed by atoms with E-state index >= 15 is 0 Å². The first kappa shape index (κ1) is 18.2. The Balaban J connectivity index is 1.44. The predicted octanol–water partition coefficient (Wildman–Crippen LogP) is 4.22. The van der Waals surface area contributed by atoms with E-state index in [2.05, 4.69) is 30.1 Å². The lowest BCUT2D eigenvalue weighted by atomic mass is 9.93. The zero-order chi connectivity index (χ0) is 17.6. The van der Waals surface area contributed by atoms with E-state index in [-0.39, 0.29) is 6.03 Å². The molecule has 25 heavy (non-hydrogen) atoms. The molecular formula is C21H33N3O. The molecule has 2 heterocycles. The summed E-state index contributed by atoms with van der Waals surface area (Å²) in [6.07, 6.45) is 5.90. The van der Waals surface area contributed by atoms with Crippen LogP contribution in [0.5, 0.6) is 0 Å². The molecule has 2 amide bonds. The van der Waals surface area contributed by atoms with Crippen LogP contribution >= 0.6 is 0 Å². The summed E-state index contributed by atoms with van der Waals surface area (Å²) in [6.45, 7) is 10.00. The van der Waals surface area contributed by atoms with Crippen LogP contribution < -0.4 is 5.32 Å². The molecule has 2 aliphatic rings. The van der Waals surface area contributed by atoms with Crippen molar-refractivity contribution < 1.29 is 4.79 Å². The summed E-state index contributed by atoms with van der Waals surface area (Å²) < 4.78 is 0. The van der Waals surface area contributed by atoms with E-state index in [0.29, 0.717) is 0 Å². The Labute approximate surface area is 152 Å². The van der Waals surface area contributed by atoms with Crippen molar-refractivity contribution in [2.75, 3.05) is 38.0 Å². The average Bonchev–Trinajstić information content (AvgIpc) is 2.64. The number of carbonyl (C=O) groups excluding carboxylic acids is 1. The van der Waals surface area contributed by atoms with Crippen LogP contribution in [0.2, 0.25) is 0 Å². The summed E-state index contributed by atoms with van der Waals surface area (Å²) in [5.74, 6) is 1.65. The van der Waals surface area contributed by atoms with E-state index in [1.807, 2.05) is 23.1 Å². The molecule has 2 fully saturated rings. The molecular weight excluding hydrogens is 310 g/mol. The Bertz CT molecular complexity index is 558. The molecule has 4 heteroatoms. The minimum atomic E-state index is 0.0612.